The van der Waals surface area contributed by atoms with E-state index in [4.69, 9.17) is 16.0 Å². The lowest BCUT2D eigenvalue weighted by atomic mass is 10.3. The standard InChI is InChI=1S/C8H6ClN3O/c1-5-11-12-8(13-5)6-2-3-10-4-7(6)9/h2-4H,1H3. The summed E-state index contributed by atoms with van der Waals surface area (Å²) in [5.41, 5.74) is 0.706. The zero-order valence-corrected chi connectivity index (χ0v) is 7.62. The molecule has 0 N–H and O–H groups in total. The van der Waals surface area contributed by atoms with Crippen LogP contribution in [0.2, 0.25) is 5.02 Å². The van der Waals surface area contributed by atoms with E-state index in [0.717, 1.165) is 0 Å². The Morgan fingerprint density at radius 2 is 2.23 bits per heavy atom. The molecular formula is C8H6ClN3O. The molecule has 0 aliphatic rings. The fraction of sp³-hybridized carbons (Fsp3) is 0.125. The normalized spacial score (nSPS) is 10.3. The van der Waals surface area contributed by atoms with Crippen LogP contribution in [-0.4, -0.2) is 15.2 Å². The minimum absolute atomic E-state index is 0.421. The Bertz CT molecular complexity index is 427. The predicted molar refractivity (Wildman–Crippen MR) is 47.3 cm³/mol. The molecule has 0 spiro atoms. The van der Waals surface area contributed by atoms with Gasteiger partial charge < -0.3 is 4.42 Å². The van der Waals surface area contributed by atoms with E-state index >= 15 is 0 Å². The smallest absolute Gasteiger partial charge is 0.249 e. The van der Waals surface area contributed by atoms with Crippen molar-refractivity contribution in [2.75, 3.05) is 0 Å². The third-order valence-electron chi connectivity index (χ3n) is 1.53. The van der Waals surface area contributed by atoms with Gasteiger partial charge in [0.05, 0.1) is 10.6 Å². The average molecular weight is 196 g/mol. The van der Waals surface area contributed by atoms with Gasteiger partial charge in [0.2, 0.25) is 11.8 Å². The molecular weight excluding hydrogens is 190 g/mol. The molecule has 0 aliphatic carbocycles. The van der Waals surface area contributed by atoms with Gasteiger partial charge in [-0.3, -0.25) is 4.98 Å². The van der Waals surface area contributed by atoms with Crippen molar-refractivity contribution >= 4 is 11.6 Å². The number of aryl methyl sites for hydroxylation is 1. The summed E-state index contributed by atoms with van der Waals surface area (Å²) >= 11 is 5.88. The van der Waals surface area contributed by atoms with E-state index in [-0.39, 0.29) is 0 Å². The lowest BCUT2D eigenvalue weighted by Gasteiger charge is -1.95. The molecule has 2 aromatic rings. The first-order valence-electron chi connectivity index (χ1n) is 3.67. The molecule has 0 amide bonds. The highest BCUT2D eigenvalue weighted by Crippen LogP contribution is 2.24. The summed E-state index contributed by atoms with van der Waals surface area (Å²) in [6.45, 7) is 1.73. The van der Waals surface area contributed by atoms with Crippen LogP contribution < -0.4 is 0 Å². The van der Waals surface area contributed by atoms with Gasteiger partial charge in [-0.2, -0.15) is 0 Å². The van der Waals surface area contributed by atoms with Gasteiger partial charge in [0.25, 0.3) is 0 Å². The van der Waals surface area contributed by atoms with Gasteiger partial charge in [-0.1, -0.05) is 11.6 Å². The van der Waals surface area contributed by atoms with Crippen molar-refractivity contribution in [3.05, 3.63) is 29.4 Å². The molecule has 0 saturated heterocycles. The minimum atomic E-state index is 0.421. The van der Waals surface area contributed by atoms with Crippen LogP contribution in [0.5, 0.6) is 0 Å². The molecule has 0 radical (unpaired) electrons. The predicted octanol–water partition coefficient (Wildman–Crippen LogP) is 2.09. The molecule has 13 heavy (non-hydrogen) atoms. The number of pyridine rings is 1. The molecule has 0 fully saturated rings. The highest BCUT2D eigenvalue weighted by Gasteiger charge is 2.08. The summed E-state index contributed by atoms with van der Waals surface area (Å²) in [7, 11) is 0. The van der Waals surface area contributed by atoms with Crippen LogP contribution in [0.25, 0.3) is 11.5 Å². The van der Waals surface area contributed by atoms with Crippen LogP contribution in [0.4, 0.5) is 0 Å². The Labute approximate surface area is 79.6 Å². The second-order valence-corrected chi connectivity index (χ2v) is 2.89. The minimum Gasteiger partial charge on any atom is -0.421 e. The summed E-state index contributed by atoms with van der Waals surface area (Å²) in [6, 6.07) is 1.73. The topological polar surface area (TPSA) is 51.8 Å². The van der Waals surface area contributed by atoms with Gasteiger partial charge in [0, 0.05) is 19.3 Å². The van der Waals surface area contributed by atoms with Crippen molar-refractivity contribution in [2.45, 2.75) is 6.92 Å². The summed E-state index contributed by atoms with van der Waals surface area (Å²) < 4.78 is 5.22. The zero-order valence-electron chi connectivity index (χ0n) is 6.86. The molecule has 5 heteroatoms. The van der Waals surface area contributed by atoms with E-state index in [0.29, 0.717) is 22.4 Å². The van der Waals surface area contributed by atoms with Crippen LogP contribution in [0.15, 0.2) is 22.9 Å². The highest BCUT2D eigenvalue weighted by atomic mass is 35.5. The largest absolute Gasteiger partial charge is 0.421 e. The van der Waals surface area contributed by atoms with Crippen LogP contribution in [0.3, 0.4) is 0 Å². The summed E-state index contributed by atoms with van der Waals surface area (Å²) in [6.07, 6.45) is 3.16. The van der Waals surface area contributed by atoms with Crippen molar-refractivity contribution < 1.29 is 4.42 Å². The van der Waals surface area contributed by atoms with E-state index in [1.54, 1.807) is 19.2 Å². The lowest BCUT2D eigenvalue weighted by Crippen LogP contribution is -1.80. The van der Waals surface area contributed by atoms with E-state index in [1.165, 1.54) is 6.20 Å². The molecule has 0 unspecified atom stereocenters. The Balaban J connectivity index is 2.52. The molecule has 0 bridgehead atoms. The molecule has 2 heterocycles. The van der Waals surface area contributed by atoms with Crippen LogP contribution in [0.1, 0.15) is 5.89 Å². The number of aromatic nitrogens is 3. The average Bonchev–Trinajstić information content (AvgIpc) is 2.53. The first-order chi connectivity index (χ1) is 6.27. The number of halogens is 1. The van der Waals surface area contributed by atoms with Crippen molar-refractivity contribution in [1.82, 2.24) is 15.2 Å². The van der Waals surface area contributed by atoms with Gasteiger partial charge in [0.1, 0.15) is 0 Å². The molecule has 0 saturated carbocycles. The fourth-order valence-electron chi connectivity index (χ4n) is 0.954. The second kappa shape index (κ2) is 3.14. The summed E-state index contributed by atoms with van der Waals surface area (Å²) in [5.74, 6) is 0.938. The third kappa shape index (κ3) is 1.53. The van der Waals surface area contributed by atoms with Crippen molar-refractivity contribution in [3.63, 3.8) is 0 Å². The maximum atomic E-state index is 5.88. The zero-order chi connectivity index (χ0) is 9.26. The van der Waals surface area contributed by atoms with Crippen molar-refractivity contribution in [3.8, 4) is 11.5 Å². The van der Waals surface area contributed by atoms with Gasteiger partial charge in [0.15, 0.2) is 0 Å². The van der Waals surface area contributed by atoms with Crippen LogP contribution in [0, 0.1) is 6.92 Å². The van der Waals surface area contributed by atoms with E-state index in [2.05, 4.69) is 15.2 Å². The van der Waals surface area contributed by atoms with Gasteiger partial charge in [-0.05, 0) is 6.07 Å². The molecule has 4 nitrogen and oxygen atoms in total. The van der Waals surface area contributed by atoms with E-state index < -0.39 is 0 Å². The van der Waals surface area contributed by atoms with Gasteiger partial charge in [-0.25, -0.2) is 0 Å². The summed E-state index contributed by atoms with van der Waals surface area (Å²) in [4.78, 5) is 3.86. The summed E-state index contributed by atoms with van der Waals surface area (Å²) in [5, 5.41) is 8.06. The van der Waals surface area contributed by atoms with Crippen LogP contribution >= 0.6 is 11.6 Å². The van der Waals surface area contributed by atoms with Crippen molar-refractivity contribution in [2.24, 2.45) is 0 Å². The van der Waals surface area contributed by atoms with Crippen molar-refractivity contribution in [1.29, 1.82) is 0 Å². The quantitative estimate of drug-likeness (QED) is 0.699. The van der Waals surface area contributed by atoms with E-state index in [1.807, 2.05) is 0 Å². The van der Waals surface area contributed by atoms with Gasteiger partial charge in [-0.15, -0.1) is 10.2 Å². The maximum absolute atomic E-state index is 5.88. The van der Waals surface area contributed by atoms with E-state index in [9.17, 15) is 0 Å². The fourth-order valence-corrected chi connectivity index (χ4v) is 1.15. The van der Waals surface area contributed by atoms with Crippen LogP contribution in [-0.2, 0) is 0 Å². The Morgan fingerprint density at radius 1 is 1.38 bits per heavy atom. The number of hydrogen-bond donors (Lipinski definition) is 0. The maximum Gasteiger partial charge on any atom is 0.249 e. The number of hydrogen-bond acceptors (Lipinski definition) is 4. The van der Waals surface area contributed by atoms with Gasteiger partial charge >= 0.3 is 0 Å². The molecule has 66 valence electrons. The molecule has 0 atom stereocenters. The Hall–Kier alpha value is -1.42. The second-order valence-electron chi connectivity index (χ2n) is 2.48. The first-order valence-corrected chi connectivity index (χ1v) is 4.05. The number of rotatable bonds is 1. The molecule has 2 aromatic heterocycles. The molecule has 2 rings (SSSR count). The third-order valence-corrected chi connectivity index (χ3v) is 1.83. The Kier molecular flexibility index (Phi) is 1.98. The molecule has 0 aromatic carbocycles. The SMILES string of the molecule is Cc1nnc(-c2ccncc2Cl)o1. The highest BCUT2D eigenvalue weighted by molar-refractivity contribution is 6.32. The monoisotopic (exact) mass is 195 g/mol. The number of nitrogens with zero attached hydrogens (tertiary/aromatic N) is 3. The lowest BCUT2D eigenvalue weighted by molar-refractivity contribution is 0.532. The Morgan fingerprint density at radius 3 is 2.85 bits per heavy atom. The first kappa shape index (κ1) is 8.19. The molecule has 0 aliphatic heterocycles.